The van der Waals surface area contributed by atoms with Gasteiger partial charge in [0.25, 0.3) is 0 Å². The van der Waals surface area contributed by atoms with Gasteiger partial charge in [-0.15, -0.1) is 11.6 Å². The van der Waals surface area contributed by atoms with Crippen LogP contribution in [0.3, 0.4) is 0 Å². The second-order valence-electron chi connectivity index (χ2n) is 10.0. The monoisotopic (exact) mass is 650 g/mol. The van der Waals surface area contributed by atoms with Gasteiger partial charge in [-0.25, -0.2) is 18.7 Å². The third-order valence-electron chi connectivity index (χ3n) is 7.00. The molecule has 46 heavy (non-hydrogen) atoms. The summed E-state index contributed by atoms with van der Waals surface area (Å²) in [6.07, 6.45) is 0. The van der Waals surface area contributed by atoms with Gasteiger partial charge in [0, 0.05) is 39.4 Å². The number of methoxy groups -OCH3 is 2. The number of imidazole rings is 2. The Morgan fingerprint density at radius 1 is 0.630 bits per heavy atom. The van der Waals surface area contributed by atoms with Crippen LogP contribution >= 0.6 is 11.6 Å². The highest BCUT2D eigenvalue weighted by molar-refractivity contribution is 6.16. The van der Waals surface area contributed by atoms with E-state index in [0.717, 1.165) is 27.9 Å². The van der Waals surface area contributed by atoms with Gasteiger partial charge >= 0.3 is 0 Å². The Bertz CT molecular complexity index is 1740. The van der Waals surface area contributed by atoms with Crippen molar-refractivity contribution in [3.63, 3.8) is 0 Å². The van der Waals surface area contributed by atoms with E-state index in [-0.39, 0.29) is 18.2 Å². The van der Waals surface area contributed by atoms with E-state index in [1.807, 2.05) is 39.5 Å². The number of benzene rings is 4. The maximum absolute atomic E-state index is 13.0. The lowest BCUT2D eigenvalue weighted by Crippen LogP contribution is -2.08. The highest BCUT2D eigenvalue weighted by Gasteiger charge is 2.13. The van der Waals surface area contributed by atoms with Crippen LogP contribution in [0.25, 0.3) is 22.1 Å². The van der Waals surface area contributed by atoms with Gasteiger partial charge < -0.3 is 33.2 Å². The Kier molecular flexibility index (Phi) is 11.2. The molecule has 9 nitrogen and oxygen atoms in total. The largest absolute Gasteiger partial charge is 0.457 e. The van der Waals surface area contributed by atoms with Gasteiger partial charge in [0.05, 0.1) is 41.2 Å². The third kappa shape index (κ3) is 7.99. The molecule has 12 heteroatoms. The van der Waals surface area contributed by atoms with Gasteiger partial charge in [-0.05, 0) is 72.8 Å². The van der Waals surface area contributed by atoms with Gasteiger partial charge in [0.1, 0.15) is 52.9 Å². The predicted octanol–water partition coefficient (Wildman–Crippen LogP) is 7.46. The minimum Gasteiger partial charge on any atom is -0.457 e. The lowest BCUT2D eigenvalue weighted by atomic mass is 10.3. The van der Waals surface area contributed by atoms with E-state index in [2.05, 4.69) is 9.97 Å². The highest BCUT2D eigenvalue weighted by atomic mass is 35.5. The normalized spacial score (nSPS) is 11.1. The molecule has 0 radical (unpaired) electrons. The summed E-state index contributed by atoms with van der Waals surface area (Å²) in [5.74, 6) is 3.49. The molecule has 0 atom stereocenters. The van der Waals surface area contributed by atoms with E-state index >= 15 is 0 Å². The van der Waals surface area contributed by atoms with Crippen LogP contribution < -0.4 is 9.47 Å². The standard InChI is InChI=1S/C17H16ClFN2O2.C17H17FN2O3/c1-22-9-8-21-16-10-14(6-7-15(16)20-17(21)11-18)23-13-4-2-12(19)3-5-13;1-22-9-8-20-16-10-14(6-7-15(16)19-17(20)11-21)23-13-4-2-12(18)3-5-13/h2-7,10H,8-9,11H2,1H3;2-7,10,21H,8-9,11H2,1H3. The molecule has 240 valence electrons. The van der Waals surface area contributed by atoms with Crippen molar-refractivity contribution >= 4 is 33.7 Å². The van der Waals surface area contributed by atoms with Crippen LogP contribution in [0.2, 0.25) is 0 Å². The highest BCUT2D eigenvalue weighted by Crippen LogP contribution is 2.28. The topological polar surface area (TPSA) is 92.8 Å². The van der Waals surface area contributed by atoms with Crippen LogP contribution in [-0.4, -0.2) is 51.6 Å². The number of fused-ring (bicyclic) bond motifs is 2. The molecule has 2 aromatic heterocycles. The van der Waals surface area contributed by atoms with Crippen molar-refractivity contribution in [2.75, 3.05) is 27.4 Å². The zero-order chi connectivity index (χ0) is 32.5. The van der Waals surface area contributed by atoms with E-state index in [9.17, 15) is 13.9 Å². The van der Waals surface area contributed by atoms with E-state index < -0.39 is 0 Å². The van der Waals surface area contributed by atoms with Crippen LogP contribution in [0.15, 0.2) is 84.9 Å². The van der Waals surface area contributed by atoms with Crippen LogP contribution in [0, 0.1) is 11.6 Å². The first-order valence-electron chi connectivity index (χ1n) is 14.4. The molecule has 0 amide bonds. The summed E-state index contributed by atoms with van der Waals surface area (Å²) in [4.78, 5) is 8.91. The smallest absolute Gasteiger partial charge is 0.135 e. The lowest BCUT2D eigenvalue weighted by Gasteiger charge is -2.09. The number of hydrogen-bond acceptors (Lipinski definition) is 7. The summed E-state index contributed by atoms with van der Waals surface area (Å²) >= 11 is 5.98. The molecule has 0 aliphatic heterocycles. The molecule has 6 rings (SSSR count). The molecule has 1 N–H and O–H groups in total. The second-order valence-corrected chi connectivity index (χ2v) is 10.3. The summed E-state index contributed by atoms with van der Waals surface area (Å²) in [7, 11) is 3.28. The van der Waals surface area contributed by atoms with Gasteiger partial charge in [0.2, 0.25) is 0 Å². The molecule has 0 saturated carbocycles. The molecule has 0 spiro atoms. The average molecular weight is 651 g/mol. The third-order valence-corrected chi connectivity index (χ3v) is 7.23. The number of aliphatic hydroxyl groups excluding tert-OH is 1. The number of aliphatic hydroxyl groups is 1. The summed E-state index contributed by atoms with van der Waals surface area (Å²) in [5.41, 5.74) is 3.41. The number of ether oxygens (including phenoxy) is 4. The minimum atomic E-state index is -0.307. The predicted molar refractivity (Wildman–Crippen MR) is 172 cm³/mol. The molecule has 0 unspecified atom stereocenters. The van der Waals surface area contributed by atoms with Gasteiger partial charge in [-0.1, -0.05) is 0 Å². The Morgan fingerprint density at radius 2 is 1.04 bits per heavy atom. The summed E-state index contributed by atoms with van der Waals surface area (Å²) in [5, 5.41) is 9.46. The Hall–Kier alpha value is -4.55. The van der Waals surface area contributed by atoms with E-state index in [0.29, 0.717) is 61.0 Å². The fraction of sp³-hybridized carbons (Fsp3) is 0.235. The number of nitrogens with zero attached hydrogens (tertiary/aromatic N) is 4. The maximum atomic E-state index is 13.0. The van der Waals surface area contributed by atoms with Crippen molar-refractivity contribution in [2.24, 2.45) is 0 Å². The summed E-state index contributed by atoms with van der Waals surface area (Å²) in [6, 6.07) is 22.8. The first kappa shape index (κ1) is 32.8. The van der Waals surface area contributed by atoms with Crippen molar-refractivity contribution in [3.05, 3.63) is 108 Å². The zero-order valence-corrected chi connectivity index (χ0v) is 26.1. The molecule has 2 heterocycles. The van der Waals surface area contributed by atoms with Crippen LogP contribution in [0.1, 0.15) is 11.6 Å². The Morgan fingerprint density at radius 3 is 1.46 bits per heavy atom. The number of alkyl halides is 1. The molecular weight excluding hydrogens is 618 g/mol. The van der Waals surface area contributed by atoms with Crippen LogP contribution in [0.4, 0.5) is 8.78 Å². The number of halogens is 3. The fourth-order valence-corrected chi connectivity index (χ4v) is 5.00. The molecular formula is C34H33ClF2N4O5. The molecule has 6 aromatic rings. The zero-order valence-electron chi connectivity index (χ0n) is 25.3. The van der Waals surface area contributed by atoms with Crippen LogP contribution in [-0.2, 0) is 35.1 Å². The number of aromatic nitrogens is 4. The summed E-state index contributed by atoms with van der Waals surface area (Å²) in [6.45, 7) is 2.18. The SMILES string of the molecule is COCCn1c(CCl)nc2ccc(Oc3ccc(F)cc3)cc21.COCCn1c(CO)nc2ccc(Oc3ccc(F)cc3)cc21. The summed E-state index contributed by atoms with van der Waals surface area (Å²) < 4.78 is 51.6. The van der Waals surface area contributed by atoms with Crippen molar-refractivity contribution in [2.45, 2.75) is 25.6 Å². The van der Waals surface area contributed by atoms with Gasteiger partial charge in [-0.2, -0.15) is 0 Å². The number of hydrogen-bond donors (Lipinski definition) is 1. The van der Waals surface area contributed by atoms with E-state index in [1.54, 1.807) is 44.6 Å². The fourth-order valence-electron chi connectivity index (χ4n) is 4.80. The Balaban J connectivity index is 0.000000181. The van der Waals surface area contributed by atoms with Crippen molar-refractivity contribution in [3.8, 4) is 23.0 Å². The molecule has 0 aliphatic rings. The molecule has 0 aliphatic carbocycles. The first-order chi connectivity index (χ1) is 22.4. The Labute approximate surface area is 269 Å². The maximum Gasteiger partial charge on any atom is 0.135 e. The average Bonchev–Trinajstić information content (AvgIpc) is 3.61. The van der Waals surface area contributed by atoms with Crippen molar-refractivity contribution in [1.29, 1.82) is 0 Å². The van der Waals surface area contributed by atoms with E-state index in [1.165, 1.54) is 24.3 Å². The molecule has 0 bridgehead atoms. The van der Waals surface area contributed by atoms with Crippen molar-refractivity contribution < 1.29 is 32.8 Å². The molecule has 4 aromatic carbocycles. The van der Waals surface area contributed by atoms with Crippen molar-refractivity contribution in [1.82, 2.24) is 19.1 Å². The first-order valence-corrected chi connectivity index (χ1v) is 15.0. The van der Waals surface area contributed by atoms with Gasteiger partial charge in [0.15, 0.2) is 0 Å². The van der Waals surface area contributed by atoms with Gasteiger partial charge in [-0.3, -0.25) is 0 Å². The minimum absolute atomic E-state index is 0.146. The second kappa shape index (κ2) is 15.6. The number of rotatable bonds is 12. The van der Waals surface area contributed by atoms with E-state index in [4.69, 9.17) is 30.5 Å². The molecule has 0 fully saturated rings. The van der Waals surface area contributed by atoms with Crippen LogP contribution in [0.5, 0.6) is 23.0 Å². The lowest BCUT2D eigenvalue weighted by molar-refractivity contribution is 0.184. The molecule has 0 saturated heterocycles. The quantitative estimate of drug-likeness (QED) is 0.137.